The maximum Gasteiger partial charge on any atom is 0.191 e. The van der Waals surface area contributed by atoms with Gasteiger partial charge in [0.2, 0.25) is 0 Å². The first-order valence-electron chi connectivity index (χ1n) is 8.13. The third kappa shape index (κ3) is 5.68. The lowest BCUT2D eigenvalue weighted by Gasteiger charge is -2.30. The van der Waals surface area contributed by atoms with Crippen LogP contribution in [0.5, 0.6) is 0 Å². The number of ether oxygens (including phenoxy) is 1. The molecule has 0 aliphatic carbocycles. The molecule has 0 bridgehead atoms. The van der Waals surface area contributed by atoms with Crippen LogP contribution >= 0.6 is 11.6 Å². The van der Waals surface area contributed by atoms with Crippen molar-refractivity contribution in [3.8, 4) is 0 Å². The van der Waals surface area contributed by atoms with Crippen molar-refractivity contribution in [1.29, 1.82) is 0 Å². The van der Waals surface area contributed by atoms with Crippen LogP contribution in [0.25, 0.3) is 0 Å². The lowest BCUT2D eigenvalue weighted by Crippen LogP contribution is -2.43. The zero-order chi connectivity index (χ0) is 16.7. The molecule has 1 fully saturated rings. The number of halogens is 1. The molecule has 0 radical (unpaired) electrons. The van der Waals surface area contributed by atoms with E-state index in [1.807, 2.05) is 31.2 Å². The first-order valence-corrected chi connectivity index (χ1v) is 8.51. The molecular weight excluding hydrogens is 314 g/mol. The Hall–Kier alpha value is -1.30. The summed E-state index contributed by atoms with van der Waals surface area (Å²) in [5.41, 5.74) is 0.327. The fourth-order valence-electron chi connectivity index (χ4n) is 2.52. The standard InChI is InChI=1S/C17H26ClN3O2/c1-3-19-16(20-12-17(22)7-9-23-10-8-17)21-13(2)14-5-4-6-15(18)11-14/h4-6,11,13,22H,3,7-10,12H2,1-2H3,(H2,19,20,21). The van der Waals surface area contributed by atoms with Gasteiger partial charge in [-0.15, -0.1) is 0 Å². The zero-order valence-electron chi connectivity index (χ0n) is 13.8. The van der Waals surface area contributed by atoms with E-state index in [1.54, 1.807) is 0 Å². The van der Waals surface area contributed by atoms with Gasteiger partial charge in [-0.25, -0.2) is 0 Å². The molecule has 1 aromatic carbocycles. The van der Waals surface area contributed by atoms with Gasteiger partial charge in [0.15, 0.2) is 5.96 Å². The number of hydrogen-bond donors (Lipinski definition) is 3. The summed E-state index contributed by atoms with van der Waals surface area (Å²) in [5, 5.41) is 17.8. The Morgan fingerprint density at radius 1 is 1.43 bits per heavy atom. The lowest BCUT2D eigenvalue weighted by atomic mass is 9.95. The maximum absolute atomic E-state index is 10.5. The molecule has 0 spiro atoms. The average Bonchev–Trinajstić information content (AvgIpc) is 2.53. The van der Waals surface area contributed by atoms with Crippen LogP contribution in [-0.2, 0) is 4.74 Å². The van der Waals surface area contributed by atoms with Crippen molar-refractivity contribution in [3.63, 3.8) is 0 Å². The fraction of sp³-hybridized carbons (Fsp3) is 0.588. The molecule has 3 N–H and O–H groups in total. The zero-order valence-corrected chi connectivity index (χ0v) is 14.6. The van der Waals surface area contributed by atoms with Crippen LogP contribution in [-0.4, -0.2) is 43.0 Å². The van der Waals surface area contributed by atoms with Gasteiger partial charge in [-0.1, -0.05) is 23.7 Å². The Kier molecular flexibility index (Phi) is 6.69. The molecule has 0 aromatic heterocycles. The summed E-state index contributed by atoms with van der Waals surface area (Å²) in [4.78, 5) is 4.55. The molecule has 1 unspecified atom stereocenters. The van der Waals surface area contributed by atoms with E-state index in [2.05, 4.69) is 22.5 Å². The lowest BCUT2D eigenvalue weighted by molar-refractivity contribution is -0.0566. The minimum absolute atomic E-state index is 0.0656. The van der Waals surface area contributed by atoms with Crippen molar-refractivity contribution in [2.24, 2.45) is 4.99 Å². The van der Waals surface area contributed by atoms with Crippen molar-refractivity contribution >= 4 is 17.6 Å². The molecule has 0 amide bonds. The Labute approximate surface area is 143 Å². The highest BCUT2D eigenvalue weighted by Crippen LogP contribution is 2.21. The van der Waals surface area contributed by atoms with Gasteiger partial charge in [-0.3, -0.25) is 4.99 Å². The summed E-state index contributed by atoms with van der Waals surface area (Å²) in [6.07, 6.45) is 1.25. The molecule has 0 saturated carbocycles. The van der Waals surface area contributed by atoms with Gasteiger partial charge in [0.25, 0.3) is 0 Å². The number of nitrogens with zero attached hydrogens (tertiary/aromatic N) is 1. The van der Waals surface area contributed by atoms with Gasteiger partial charge < -0.3 is 20.5 Å². The number of benzene rings is 1. The van der Waals surface area contributed by atoms with Crippen molar-refractivity contribution in [2.75, 3.05) is 26.3 Å². The molecular formula is C17H26ClN3O2. The van der Waals surface area contributed by atoms with Crippen LogP contribution < -0.4 is 10.6 Å². The predicted octanol–water partition coefficient (Wildman–Crippen LogP) is 2.50. The third-order valence-electron chi connectivity index (χ3n) is 4.00. The number of rotatable bonds is 5. The van der Waals surface area contributed by atoms with Crippen LogP contribution in [0, 0.1) is 0 Å². The molecule has 1 aromatic rings. The molecule has 2 rings (SSSR count). The largest absolute Gasteiger partial charge is 0.388 e. The second kappa shape index (κ2) is 8.52. The number of hydrogen-bond acceptors (Lipinski definition) is 3. The van der Waals surface area contributed by atoms with Crippen LogP contribution in [0.2, 0.25) is 5.02 Å². The second-order valence-corrected chi connectivity index (χ2v) is 6.39. The van der Waals surface area contributed by atoms with Crippen molar-refractivity contribution < 1.29 is 9.84 Å². The smallest absolute Gasteiger partial charge is 0.191 e. The quantitative estimate of drug-likeness (QED) is 0.569. The Morgan fingerprint density at radius 2 is 2.17 bits per heavy atom. The minimum Gasteiger partial charge on any atom is -0.388 e. The van der Waals surface area contributed by atoms with Gasteiger partial charge in [0.1, 0.15) is 0 Å². The summed E-state index contributed by atoms with van der Waals surface area (Å²) < 4.78 is 5.30. The molecule has 1 saturated heterocycles. The molecule has 1 aliphatic rings. The minimum atomic E-state index is -0.764. The highest BCUT2D eigenvalue weighted by molar-refractivity contribution is 6.30. The first-order chi connectivity index (χ1) is 11.0. The van der Waals surface area contributed by atoms with E-state index in [4.69, 9.17) is 16.3 Å². The van der Waals surface area contributed by atoms with Gasteiger partial charge in [-0.05, 0) is 31.5 Å². The molecule has 1 heterocycles. The monoisotopic (exact) mass is 339 g/mol. The van der Waals surface area contributed by atoms with Crippen molar-refractivity contribution in [3.05, 3.63) is 34.9 Å². The highest BCUT2D eigenvalue weighted by atomic mass is 35.5. The topological polar surface area (TPSA) is 65.9 Å². The Morgan fingerprint density at radius 3 is 2.83 bits per heavy atom. The molecule has 128 valence electrons. The van der Waals surface area contributed by atoms with Crippen LogP contribution in [0.3, 0.4) is 0 Å². The van der Waals surface area contributed by atoms with Gasteiger partial charge in [0.05, 0.1) is 18.2 Å². The highest BCUT2D eigenvalue weighted by Gasteiger charge is 2.29. The van der Waals surface area contributed by atoms with Crippen LogP contribution in [0.15, 0.2) is 29.3 Å². The molecule has 23 heavy (non-hydrogen) atoms. The third-order valence-corrected chi connectivity index (χ3v) is 4.24. The summed E-state index contributed by atoms with van der Waals surface area (Å²) >= 11 is 6.05. The Balaban J connectivity index is 2.01. The molecule has 1 aliphatic heterocycles. The van der Waals surface area contributed by atoms with Gasteiger partial charge >= 0.3 is 0 Å². The van der Waals surface area contributed by atoms with E-state index in [9.17, 15) is 5.11 Å². The second-order valence-electron chi connectivity index (χ2n) is 5.95. The fourth-order valence-corrected chi connectivity index (χ4v) is 2.72. The number of guanidine groups is 1. The van der Waals surface area contributed by atoms with E-state index in [1.165, 1.54) is 0 Å². The Bertz CT molecular complexity index is 530. The first kappa shape index (κ1) is 18.0. The van der Waals surface area contributed by atoms with Crippen molar-refractivity contribution in [2.45, 2.75) is 38.3 Å². The van der Waals surface area contributed by atoms with E-state index < -0.39 is 5.60 Å². The van der Waals surface area contributed by atoms with Crippen LogP contribution in [0.4, 0.5) is 0 Å². The normalized spacial score (nSPS) is 19.2. The van der Waals surface area contributed by atoms with E-state index >= 15 is 0 Å². The van der Waals surface area contributed by atoms with Crippen molar-refractivity contribution in [1.82, 2.24) is 10.6 Å². The van der Waals surface area contributed by atoms with Gasteiger partial charge in [-0.2, -0.15) is 0 Å². The van der Waals surface area contributed by atoms with Crippen LogP contribution in [0.1, 0.15) is 38.3 Å². The molecule has 5 nitrogen and oxygen atoms in total. The van der Waals surface area contributed by atoms with E-state index in [0.717, 1.165) is 17.1 Å². The number of aliphatic hydroxyl groups is 1. The number of nitrogens with one attached hydrogen (secondary N) is 2. The maximum atomic E-state index is 10.5. The van der Waals surface area contributed by atoms with E-state index in [-0.39, 0.29) is 6.04 Å². The summed E-state index contributed by atoms with van der Waals surface area (Å²) in [6.45, 7) is 6.39. The summed E-state index contributed by atoms with van der Waals surface area (Å²) in [6, 6.07) is 7.83. The molecule has 1 atom stereocenters. The van der Waals surface area contributed by atoms with Gasteiger partial charge in [0, 0.05) is 37.6 Å². The summed E-state index contributed by atoms with van der Waals surface area (Å²) in [5.74, 6) is 0.694. The molecule has 6 heteroatoms. The average molecular weight is 340 g/mol. The number of aliphatic imine (C=N–C) groups is 1. The SMILES string of the molecule is CCNC(=NCC1(O)CCOCC1)NC(C)c1cccc(Cl)c1. The predicted molar refractivity (Wildman–Crippen MR) is 94.0 cm³/mol. The van der Waals surface area contributed by atoms with E-state index in [0.29, 0.717) is 38.6 Å². The summed E-state index contributed by atoms with van der Waals surface area (Å²) in [7, 11) is 0.